The lowest BCUT2D eigenvalue weighted by molar-refractivity contribution is -0.135. The van der Waals surface area contributed by atoms with Crippen LogP contribution in [0.4, 0.5) is 0 Å². The Hall–Kier alpha value is -2.41. The molecule has 24 heavy (non-hydrogen) atoms. The van der Waals surface area contributed by atoms with Gasteiger partial charge in [0.2, 0.25) is 5.91 Å². The van der Waals surface area contributed by atoms with Gasteiger partial charge in [-0.1, -0.05) is 18.2 Å². The van der Waals surface area contributed by atoms with Crippen molar-refractivity contribution < 1.29 is 9.53 Å². The number of carbonyl (C=O) groups excluding carboxylic acids is 1. The van der Waals surface area contributed by atoms with Crippen molar-refractivity contribution in [3.63, 3.8) is 0 Å². The summed E-state index contributed by atoms with van der Waals surface area (Å²) >= 11 is 0. The molecule has 0 N–H and O–H groups in total. The summed E-state index contributed by atoms with van der Waals surface area (Å²) in [4.78, 5) is 20.8. The molecule has 2 aromatic rings. The maximum absolute atomic E-state index is 12.8. The molecule has 0 unspecified atom stereocenters. The number of aryl methyl sites for hydroxylation is 1. The summed E-state index contributed by atoms with van der Waals surface area (Å²) in [6, 6.07) is 7.95. The number of nitrogens with zero attached hydrogens (tertiary/aromatic N) is 5. The molecule has 2 heterocycles. The van der Waals surface area contributed by atoms with Crippen LogP contribution in [0.2, 0.25) is 0 Å². The van der Waals surface area contributed by atoms with Gasteiger partial charge in [0, 0.05) is 25.1 Å². The highest BCUT2D eigenvalue weighted by Crippen LogP contribution is 2.25. The summed E-state index contributed by atoms with van der Waals surface area (Å²) in [6.07, 6.45) is 3.51. The number of carbonyl (C=O) groups is 1. The molecule has 0 aliphatic carbocycles. The maximum Gasteiger partial charge on any atom is 0.225 e. The Labute approximate surface area is 141 Å². The first-order valence-corrected chi connectivity index (χ1v) is 8.11. The van der Waals surface area contributed by atoms with E-state index in [1.807, 2.05) is 43.3 Å². The molecule has 7 nitrogen and oxygen atoms in total. The van der Waals surface area contributed by atoms with Crippen LogP contribution in [0.5, 0.6) is 5.75 Å². The number of amides is 1. The number of ether oxygens (including phenoxy) is 1. The fraction of sp³-hybridized carbons (Fsp3) is 0.471. The summed E-state index contributed by atoms with van der Waals surface area (Å²) in [5.41, 5.74) is 1.05. The number of likely N-dealkylation sites (N-methyl/N-ethyl adjacent to an activating group) is 1. The van der Waals surface area contributed by atoms with Gasteiger partial charge in [0.05, 0.1) is 12.6 Å². The molecule has 7 heteroatoms. The number of rotatable bonds is 5. The van der Waals surface area contributed by atoms with Crippen LogP contribution >= 0.6 is 0 Å². The molecule has 0 saturated carbocycles. The topological polar surface area (TPSA) is 63.5 Å². The molecule has 0 bridgehead atoms. The SMILES string of the molecule is CN(C)C[C@@H]1COc2ccccc2CN1C(=O)CCn1cncn1. The fourth-order valence-electron chi connectivity index (χ4n) is 2.93. The summed E-state index contributed by atoms with van der Waals surface area (Å²) in [5, 5.41) is 4.06. The Morgan fingerprint density at radius 2 is 2.21 bits per heavy atom. The number of benzene rings is 1. The van der Waals surface area contributed by atoms with E-state index in [0.717, 1.165) is 17.9 Å². The Balaban J connectivity index is 1.75. The quantitative estimate of drug-likeness (QED) is 0.819. The van der Waals surface area contributed by atoms with Gasteiger partial charge in [0.15, 0.2) is 0 Å². The molecule has 1 aliphatic rings. The Kier molecular flexibility index (Phi) is 5.10. The van der Waals surface area contributed by atoms with Crippen LogP contribution < -0.4 is 4.74 Å². The van der Waals surface area contributed by atoms with Crippen molar-refractivity contribution in [3.8, 4) is 5.75 Å². The van der Waals surface area contributed by atoms with Crippen molar-refractivity contribution in [2.75, 3.05) is 27.2 Å². The second kappa shape index (κ2) is 7.44. The molecule has 1 aliphatic heterocycles. The third kappa shape index (κ3) is 3.91. The number of fused-ring (bicyclic) bond motifs is 1. The lowest BCUT2D eigenvalue weighted by atomic mass is 10.1. The van der Waals surface area contributed by atoms with Gasteiger partial charge in [-0.2, -0.15) is 5.10 Å². The van der Waals surface area contributed by atoms with Crippen molar-refractivity contribution in [1.82, 2.24) is 24.6 Å². The van der Waals surface area contributed by atoms with Crippen LogP contribution in [-0.2, 0) is 17.9 Å². The molecule has 0 spiro atoms. The fourth-order valence-corrected chi connectivity index (χ4v) is 2.93. The molecule has 1 atom stereocenters. The molecule has 1 aromatic carbocycles. The van der Waals surface area contributed by atoms with Crippen LogP contribution in [0.1, 0.15) is 12.0 Å². The van der Waals surface area contributed by atoms with E-state index in [-0.39, 0.29) is 11.9 Å². The van der Waals surface area contributed by atoms with Crippen molar-refractivity contribution in [1.29, 1.82) is 0 Å². The molecular formula is C17H23N5O2. The third-order valence-electron chi connectivity index (χ3n) is 4.10. The predicted molar refractivity (Wildman–Crippen MR) is 89.5 cm³/mol. The van der Waals surface area contributed by atoms with Gasteiger partial charge >= 0.3 is 0 Å². The molecule has 0 radical (unpaired) electrons. The molecular weight excluding hydrogens is 306 g/mol. The molecule has 1 amide bonds. The van der Waals surface area contributed by atoms with E-state index in [0.29, 0.717) is 26.1 Å². The van der Waals surface area contributed by atoms with Gasteiger partial charge in [-0.3, -0.25) is 9.48 Å². The van der Waals surface area contributed by atoms with E-state index in [1.54, 1.807) is 11.0 Å². The summed E-state index contributed by atoms with van der Waals surface area (Å²) < 4.78 is 7.63. The highest BCUT2D eigenvalue weighted by atomic mass is 16.5. The minimum absolute atomic E-state index is 0.0237. The zero-order chi connectivity index (χ0) is 16.9. The van der Waals surface area contributed by atoms with Crippen molar-refractivity contribution in [3.05, 3.63) is 42.5 Å². The Morgan fingerprint density at radius 1 is 1.38 bits per heavy atom. The largest absolute Gasteiger partial charge is 0.491 e. The third-order valence-corrected chi connectivity index (χ3v) is 4.10. The number of hydrogen-bond acceptors (Lipinski definition) is 5. The zero-order valence-corrected chi connectivity index (χ0v) is 14.1. The van der Waals surface area contributed by atoms with Gasteiger partial charge in [-0.05, 0) is 20.2 Å². The molecule has 128 valence electrons. The van der Waals surface area contributed by atoms with Crippen LogP contribution in [0.15, 0.2) is 36.9 Å². The summed E-state index contributed by atoms with van der Waals surface area (Å²) in [7, 11) is 4.02. The molecule has 1 aromatic heterocycles. The Morgan fingerprint density at radius 3 is 2.96 bits per heavy atom. The number of aromatic nitrogens is 3. The first-order valence-electron chi connectivity index (χ1n) is 8.11. The lowest BCUT2D eigenvalue weighted by Crippen LogP contribution is -2.47. The van der Waals surface area contributed by atoms with E-state index in [1.165, 1.54) is 6.33 Å². The zero-order valence-electron chi connectivity index (χ0n) is 14.1. The van der Waals surface area contributed by atoms with Crippen molar-refractivity contribution >= 4 is 5.91 Å². The molecule has 0 saturated heterocycles. The normalized spacial score (nSPS) is 17.3. The summed E-state index contributed by atoms with van der Waals surface area (Å²) in [6.45, 7) is 2.38. The number of hydrogen-bond donors (Lipinski definition) is 0. The smallest absolute Gasteiger partial charge is 0.225 e. The van der Waals surface area contributed by atoms with Gasteiger partial charge in [-0.15, -0.1) is 0 Å². The van der Waals surface area contributed by atoms with E-state index in [9.17, 15) is 4.79 Å². The minimum Gasteiger partial charge on any atom is -0.491 e. The van der Waals surface area contributed by atoms with Gasteiger partial charge in [0.25, 0.3) is 0 Å². The van der Waals surface area contributed by atoms with Crippen LogP contribution in [0.25, 0.3) is 0 Å². The monoisotopic (exact) mass is 329 g/mol. The second-order valence-electron chi connectivity index (χ2n) is 6.26. The second-order valence-corrected chi connectivity index (χ2v) is 6.26. The average Bonchev–Trinajstić information content (AvgIpc) is 3.02. The van der Waals surface area contributed by atoms with E-state index < -0.39 is 0 Å². The van der Waals surface area contributed by atoms with E-state index in [4.69, 9.17) is 4.74 Å². The Bertz CT molecular complexity index is 671. The van der Waals surface area contributed by atoms with Crippen LogP contribution in [-0.4, -0.2) is 63.8 Å². The highest BCUT2D eigenvalue weighted by molar-refractivity contribution is 5.76. The van der Waals surface area contributed by atoms with Gasteiger partial charge < -0.3 is 14.5 Å². The molecule has 3 rings (SSSR count). The number of para-hydroxylation sites is 1. The predicted octanol–water partition coefficient (Wildman–Crippen LogP) is 1.02. The van der Waals surface area contributed by atoms with Crippen LogP contribution in [0, 0.1) is 0 Å². The minimum atomic E-state index is 0.0237. The lowest BCUT2D eigenvalue weighted by Gasteiger charge is -2.31. The van der Waals surface area contributed by atoms with Crippen molar-refractivity contribution in [2.45, 2.75) is 25.6 Å². The molecule has 0 fully saturated rings. The van der Waals surface area contributed by atoms with Crippen molar-refractivity contribution in [2.24, 2.45) is 0 Å². The standard InChI is InChI=1S/C17H23N5O2/c1-20(2)10-15-11-24-16-6-4-3-5-14(16)9-22(15)17(23)7-8-21-13-18-12-19-21/h3-6,12-13,15H,7-11H2,1-2H3/t15-/m1/s1. The van der Waals surface area contributed by atoms with Gasteiger partial charge in [0.1, 0.15) is 25.0 Å². The van der Waals surface area contributed by atoms with E-state index >= 15 is 0 Å². The average molecular weight is 329 g/mol. The maximum atomic E-state index is 12.8. The highest BCUT2D eigenvalue weighted by Gasteiger charge is 2.28. The van der Waals surface area contributed by atoms with Crippen LogP contribution in [0.3, 0.4) is 0 Å². The first-order chi connectivity index (χ1) is 11.6. The first kappa shape index (κ1) is 16.4. The van der Waals surface area contributed by atoms with Gasteiger partial charge in [-0.25, -0.2) is 4.98 Å². The summed E-state index contributed by atoms with van der Waals surface area (Å²) in [5.74, 6) is 0.977. The van der Waals surface area contributed by atoms with E-state index in [2.05, 4.69) is 15.0 Å².